The number of quaternary nitrogens is 1. The van der Waals surface area contributed by atoms with Gasteiger partial charge in [-0.1, -0.05) is 53.4 Å². The molecule has 1 nitrogen and oxygen atoms in total. The first kappa shape index (κ1) is 38.9. The van der Waals surface area contributed by atoms with Crippen LogP contribution < -0.4 is 0 Å². The fourth-order valence-electron chi connectivity index (χ4n) is 2.64. The van der Waals surface area contributed by atoms with Crippen molar-refractivity contribution < 1.29 is 21.6 Å². The largest absolute Gasteiger partial charge is 0.324 e. The Balaban J connectivity index is -0.000000128. The van der Waals surface area contributed by atoms with Crippen LogP contribution in [-0.2, 0) is 17.1 Å². The van der Waals surface area contributed by atoms with E-state index in [0.717, 1.165) is 0 Å². The Hall–Kier alpha value is 1.64. The Bertz CT molecular complexity index is 137. The van der Waals surface area contributed by atoms with Gasteiger partial charge in [0, 0.05) is 17.1 Å². The smallest absolute Gasteiger partial charge is 0.0786 e. The minimum atomic E-state index is 0. The SMILES string of the molecule is CCCC[N+](CCCC)(CCCC)CCCC.Cl.Cl.Cl.Cl.[Fe]. The standard InChI is InChI=1S/C16H36N.4ClH.Fe/c1-5-9-13-17(14-10-6-2,15-11-7-3)16-12-8-4;;;;;/h5-16H2,1-4H3;4*1H;/q+1;;;;;. The third kappa shape index (κ3) is 19.7. The minimum absolute atomic E-state index is 0. The first-order valence-corrected chi connectivity index (χ1v) is 8.09. The fraction of sp³-hybridized carbons (Fsp3) is 1.00. The van der Waals surface area contributed by atoms with Gasteiger partial charge in [0.25, 0.3) is 0 Å². The van der Waals surface area contributed by atoms with E-state index in [0.29, 0.717) is 0 Å². The summed E-state index contributed by atoms with van der Waals surface area (Å²) in [5.74, 6) is 0. The average Bonchev–Trinajstić information content (AvgIpc) is 2.37. The van der Waals surface area contributed by atoms with Gasteiger partial charge >= 0.3 is 0 Å². The molecule has 0 atom stereocenters. The van der Waals surface area contributed by atoms with Gasteiger partial charge in [-0.15, -0.1) is 49.6 Å². The molecule has 0 saturated carbocycles. The normalized spacial score (nSPS) is 9.27. The maximum atomic E-state index is 2.33. The van der Waals surface area contributed by atoms with Gasteiger partial charge < -0.3 is 4.48 Å². The van der Waals surface area contributed by atoms with Crippen LogP contribution in [0.25, 0.3) is 0 Å². The monoisotopic (exact) mass is 442 g/mol. The zero-order valence-corrected chi connectivity index (χ0v) is 19.3. The summed E-state index contributed by atoms with van der Waals surface area (Å²) < 4.78 is 1.42. The first-order chi connectivity index (χ1) is 8.24. The van der Waals surface area contributed by atoms with Crippen molar-refractivity contribution in [2.24, 2.45) is 0 Å². The maximum Gasteiger partial charge on any atom is 0.0786 e. The van der Waals surface area contributed by atoms with Crippen LogP contribution in [0, 0.1) is 0 Å². The van der Waals surface area contributed by atoms with Crippen LogP contribution in [-0.4, -0.2) is 30.7 Å². The van der Waals surface area contributed by atoms with Crippen molar-refractivity contribution in [3.8, 4) is 0 Å². The molecule has 0 aliphatic heterocycles. The van der Waals surface area contributed by atoms with Crippen molar-refractivity contribution in [2.45, 2.75) is 79.1 Å². The summed E-state index contributed by atoms with van der Waals surface area (Å²) in [4.78, 5) is 0. The molecule has 0 aliphatic carbocycles. The number of hydrogen-bond acceptors (Lipinski definition) is 0. The molecule has 0 rings (SSSR count). The first-order valence-electron chi connectivity index (χ1n) is 8.09. The molecule has 0 aromatic carbocycles. The zero-order valence-electron chi connectivity index (χ0n) is 14.9. The number of rotatable bonds is 12. The molecule has 0 radical (unpaired) electrons. The van der Waals surface area contributed by atoms with Crippen LogP contribution in [0.1, 0.15) is 79.1 Å². The molecule has 6 heteroatoms. The maximum absolute atomic E-state index is 2.33. The van der Waals surface area contributed by atoms with Gasteiger partial charge in [0.1, 0.15) is 0 Å². The molecule has 0 heterocycles. The zero-order chi connectivity index (χ0) is 13.0. The van der Waals surface area contributed by atoms with Crippen LogP contribution in [0.15, 0.2) is 0 Å². The second-order valence-electron chi connectivity index (χ2n) is 5.65. The Labute approximate surface area is 175 Å². The summed E-state index contributed by atoms with van der Waals surface area (Å²) in [7, 11) is 0. The number of halogens is 4. The van der Waals surface area contributed by atoms with Gasteiger partial charge in [-0.05, 0) is 25.7 Å². The molecule has 0 N–H and O–H groups in total. The molecule has 144 valence electrons. The third-order valence-electron chi connectivity index (χ3n) is 3.94. The predicted octanol–water partition coefficient (Wildman–Crippen LogP) is 6.69. The molecule has 0 aromatic heterocycles. The fourth-order valence-corrected chi connectivity index (χ4v) is 2.64. The molecule has 0 aliphatic rings. The van der Waals surface area contributed by atoms with Gasteiger partial charge in [0.15, 0.2) is 0 Å². The molecule has 0 saturated heterocycles. The van der Waals surface area contributed by atoms with Crippen molar-refractivity contribution in [1.29, 1.82) is 0 Å². The number of hydrogen-bond donors (Lipinski definition) is 0. The van der Waals surface area contributed by atoms with Gasteiger partial charge in [0.2, 0.25) is 0 Å². The second-order valence-corrected chi connectivity index (χ2v) is 5.65. The number of nitrogens with zero attached hydrogens (tertiary/aromatic N) is 1. The van der Waals surface area contributed by atoms with Crippen LogP contribution in [0.4, 0.5) is 0 Å². The average molecular weight is 444 g/mol. The van der Waals surface area contributed by atoms with Gasteiger partial charge in [-0.2, -0.15) is 0 Å². The van der Waals surface area contributed by atoms with E-state index in [9.17, 15) is 0 Å². The molecule has 0 spiro atoms. The summed E-state index contributed by atoms with van der Waals surface area (Å²) in [5, 5.41) is 0. The molecular weight excluding hydrogens is 404 g/mol. The summed E-state index contributed by atoms with van der Waals surface area (Å²) in [6.45, 7) is 15.0. The summed E-state index contributed by atoms with van der Waals surface area (Å²) in [5.41, 5.74) is 0. The van der Waals surface area contributed by atoms with Crippen LogP contribution >= 0.6 is 49.6 Å². The van der Waals surface area contributed by atoms with Gasteiger partial charge in [-0.25, -0.2) is 0 Å². The number of unbranched alkanes of at least 4 members (excludes halogenated alkanes) is 4. The van der Waals surface area contributed by atoms with Crippen LogP contribution in [0.5, 0.6) is 0 Å². The molecule has 22 heavy (non-hydrogen) atoms. The van der Waals surface area contributed by atoms with E-state index in [4.69, 9.17) is 0 Å². The Morgan fingerprint density at radius 2 is 0.636 bits per heavy atom. The molecular formula is C16H40Cl4FeN+. The van der Waals surface area contributed by atoms with E-state index in [-0.39, 0.29) is 66.7 Å². The van der Waals surface area contributed by atoms with Crippen LogP contribution in [0.3, 0.4) is 0 Å². The molecule has 0 aromatic rings. The van der Waals surface area contributed by atoms with Crippen molar-refractivity contribution in [3.05, 3.63) is 0 Å². The predicted molar refractivity (Wildman–Crippen MR) is 108 cm³/mol. The summed E-state index contributed by atoms with van der Waals surface area (Å²) in [6, 6.07) is 0. The van der Waals surface area contributed by atoms with Crippen molar-refractivity contribution >= 4 is 49.6 Å². The summed E-state index contributed by atoms with van der Waals surface area (Å²) >= 11 is 0. The van der Waals surface area contributed by atoms with Crippen molar-refractivity contribution in [1.82, 2.24) is 0 Å². The van der Waals surface area contributed by atoms with Crippen molar-refractivity contribution in [3.63, 3.8) is 0 Å². The van der Waals surface area contributed by atoms with E-state index in [2.05, 4.69) is 27.7 Å². The third-order valence-corrected chi connectivity index (χ3v) is 3.94. The molecule has 0 unspecified atom stereocenters. The van der Waals surface area contributed by atoms with Gasteiger partial charge in [-0.3, -0.25) is 0 Å². The van der Waals surface area contributed by atoms with Gasteiger partial charge in [0.05, 0.1) is 26.2 Å². The topological polar surface area (TPSA) is 0 Å². The summed E-state index contributed by atoms with van der Waals surface area (Å²) in [6.07, 6.45) is 11.1. The van der Waals surface area contributed by atoms with E-state index in [1.807, 2.05) is 0 Å². The van der Waals surface area contributed by atoms with E-state index < -0.39 is 0 Å². The Morgan fingerprint density at radius 1 is 0.455 bits per heavy atom. The molecule has 0 fully saturated rings. The van der Waals surface area contributed by atoms with E-state index >= 15 is 0 Å². The molecule has 0 bridgehead atoms. The Kier molecular flexibility index (Phi) is 48.6. The van der Waals surface area contributed by atoms with Crippen molar-refractivity contribution in [2.75, 3.05) is 26.2 Å². The second kappa shape index (κ2) is 27.5. The quantitative estimate of drug-likeness (QED) is 0.233. The van der Waals surface area contributed by atoms with E-state index in [1.165, 1.54) is 82.0 Å². The molecule has 0 amide bonds. The minimum Gasteiger partial charge on any atom is -0.324 e. The Morgan fingerprint density at radius 3 is 0.773 bits per heavy atom. The van der Waals surface area contributed by atoms with E-state index in [1.54, 1.807) is 0 Å². The van der Waals surface area contributed by atoms with Crippen LogP contribution in [0.2, 0.25) is 0 Å².